The molecular formula is C19H15N3O3S2. The van der Waals surface area contributed by atoms with Gasteiger partial charge in [-0.15, -0.1) is 11.3 Å². The number of nitrogens with zero attached hydrogens (tertiary/aromatic N) is 2. The summed E-state index contributed by atoms with van der Waals surface area (Å²) in [5.74, 6) is 0. The molecule has 6 nitrogen and oxygen atoms in total. The highest BCUT2D eigenvalue weighted by atomic mass is 32.2. The van der Waals surface area contributed by atoms with Crippen LogP contribution < -0.4 is 11.3 Å². The lowest BCUT2D eigenvalue weighted by Gasteiger charge is -2.10. The minimum atomic E-state index is -3.94. The van der Waals surface area contributed by atoms with Crippen molar-refractivity contribution in [3.8, 4) is 5.69 Å². The van der Waals surface area contributed by atoms with Crippen molar-refractivity contribution in [2.24, 2.45) is 0 Å². The Bertz CT molecular complexity index is 1310. The van der Waals surface area contributed by atoms with E-state index >= 15 is 0 Å². The van der Waals surface area contributed by atoms with Crippen molar-refractivity contribution in [1.82, 2.24) is 9.78 Å². The topological polar surface area (TPSA) is 95.0 Å². The summed E-state index contributed by atoms with van der Waals surface area (Å²) in [4.78, 5) is 13.0. The third-order valence-corrected chi connectivity index (χ3v) is 6.75. The average molecular weight is 397 g/mol. The first kappa shape index (κ1) is 17.4. The zero-order valence-electron chi connectivity index (χ0n) is 14.3. The highest BCUT2D eigenvalue weighted by Gasteiger charge is 2.26. The fraction of sp³-hybridized carbons (Fsp3) is 0.0526. The van der Waals surface area contributed by atoms with Crippen molar-refractivity contribution < 1.29 is 8.42 Å². The van der Waals surface area contributed by atoms with Gasteiger partial charge >= 0.3 is 0 Å². The lowest BCUT2D eigenvalue weighted by atomic mass is 10.2. The molecule has 0 unspecified atom stereocenters. The maximum absolute atomic E-state index is 13.2. The molecule has 0 fully saturated rings. The number of fused-ring (bicyclic) bond motifs is 1. The van der Waals surface area contributed by atoms with Gasteiger partial charge in [0.1, 0.15) is 0 Å². The summed E-state index contributed by atoms with van der Waals surface area (Å²) in [6, 6.07) is 15.2. The largest absolute Gasteiger partial charge is 0.390 e. The van der Waals surface area contributed by atoms with E-state index in [9.17, 15) is 13.2 Å². The van der Waals surface area contributed by atoms with E-state index in [-0.39, 0.29) is 25.7 Å². The molecule has 0 amide bonds. The van der Waals surface area contributed by atoms with Crippen LogP contribution in [0.15, 0.2) is 74.7 Å². The molecule has 27 heavy (non-hydrogen) atoms. The van der Waals surface area contributed by atoms with Crippen molar-refractivity contribution >= 4 is 36.9 Å². The lowest BCUT2D eigenvalue weighted by molar-refractivity contribution is 0.588. The van der Waals surface area contributed by atoms with E-state index in [2.05, 4.69) is 5.10 Å². The first-order valence-electron chi connectivity index (χ1n) is 8.07. The van der Waals surface area contributed by atoms with Crippen LogP contribution in [0.4, 0.5) is 5.00 Å². The highest BCUT2D eigenvalue weighted by Crippen LogP contribution is 2.32. The number of hydrogen-bond acceptors (Lipinski definition) is 6. The molecule has 0 aliphatic carbocycles. The van der Waals surface area contributed by atoms with Gasteiger partial charge in [0.05, 0.1) is 21.0 Å². The third-order valence-electron chi connectivity index (χ3n) is 4.23. The Morgan fingerprint density at radius 2 is 1.70 bits per heavy atom. The number of sulfone groups is 1. The number of anilines is 1. The monoisotopic (exact) mass is 397 g/mol. The second-order valence-corrected chi connectivity index (χ2v) is 8.84. The van der Waals surface area contributed by atoms with Crippen LogP contribution >= 0.6 is 11.3 Å². The van der Waals surface area contributed by atoms with Crippen molar-refractivity contribution in [2.75, 3.05) is 5.73 Å². The number of thiophene rings is 1. The number of benzene rings is 2. The first-order valence-corrected chi connectivity index (χ1v) is 10.4. The maximum Gasteiger partial charge on any atom is 0.282 e. The molecular weight excluding hydrogens is 382 g/mol. The zero-order chi connectivity index (χ0) is 19.2. The van der Waals surface area contributed by atoms with Crippen LogP contribution in [0, 0.1) is 6.92 Å². The van der Waals surface area contributed by atoms with Gasteiger partial charge in [-0.05, 0) is 31.2 Å². The molecule has 4 aromatic rings. The Balaban J connectivity index is 2.08. The van der Waals surface area contributed by atoms with Gasteiger partial charge in [-0.25, -0.2) is 8.42 Å². The van der Waals surface area contributed by atoms with Gasteiger partial charge in [-0.2, -0.15) is 9.78 Å². The van der Waals surface area contributed by atoms with E-state index in [1.54, 1.807) is 47.8 Å². The smallest absolute Gasteiger partial charge is 0.282 e. The predicted octanol–water partition coefficient (Wildman–Crippen LogP) is 3.17. The molecule has 4 rings (SSSR count). The Morgan fingerprint density at radius 1 is 1.04 bits per heavy atom. The van der Waals surface area contributed by atoms with Gasteiger partial charge < -0.3 is 5.73 Å². The Kier molecular flexibility index (Phi) is 4.09. The molecule has 0 spiro atoms. The predicted molar refractivity (Wildman–Crippen MR) is 106 cm³/mol. The summed E-state index contributed by atoms with van der Waals surface area (Å²) < 4.78 is 27.6. The first-order chi connectivity index (χ1) is 12.9. The fourth-order valence-electron chi connectivity index (χ4n) is 2.82. The van der Waals surface area contributed by atoms with Gasteiger partial charge in [0.15, 0.2) is 5.03 Å². The normalized spacial score (nSPS) is 11.7. The van der Waals surface area contributed by atoms with Crippen LogP contribution in [0.3, 0.4) is 0 Å². The summed E-state index contributed by atoms with van der Waals surface area (Å²) in [6.07, 6.45) is 0. The lowest BCUT2D eigenvalue weighted by Crippen LogP contribution is -2.24. The van der Waals surface area contributed by atoms with Crippen LogP contribution in [0.1, 0.15) is 5.56 Å². The molecule has 136 valence electrons. The summed E-state index contributed by atoms with van der Waals surface area (Å²) in [5, 5.41) is 6.29. The Morgan fingerprint density at radius 3 is 2.37 bits per heavy atom. The number of hydrogen-bond donors (Lipinski definition) is 1. The molecule has 2 heterocycles. The number of aromatic nitrogens is 2. The number of para-hydroxylation sites is 1. The molecule has 2 N–H and O–H groups in total. The molecule has 2 aromatic heterocycles. The van der Waals surface area contributed by atoms with Crippen molar-refractivity contribution in [1.29, 1.82) is 0 Å². The molecule has 2 aromatic carbocycles. The highest BCUT2D eigenvalue weighted by molar-refractivity contribution is 7.91. The van der Waals surface area contributed by atoms with Gasteiger partial charge in [0, 0.05) is 10.8 Å². The van der Waals surface area contributed by atoms with Crippen molar-refractivity contribution in [3.63, 3.8) is 0 Å². The van der Waals surface area contributed by atoms with Gasteiger partial charge in [0.2, 0.25) is 9.84 Å². The van der Waals surface area contributed by atoms with Gasteiger partial charge in [-0.1, -0.05) is 35.9 Å². The minimum absolute atomic E-state index is 0.116. The molecule has 0 radical (unpaired) electrons. The number of rotatable bonds is 3. The second-order valence-electron chi connectivity index (χ2n) is 6.06. The van der Waals surface area contributed by atoms with Crippen LogP contribution in [0.25, 0.3) is 16.5 Å². The molecule has 8 heteroatoms. The van der Waals surface area contributed by atoms with Crippen molar-refractivity contribution in [2.45, 2.75) is 16.8 Å². The summed E-state index contributed by atoms with van der Waals surface area (Å²) in [5.41, 5.74) is 6.94. The molecule has 0 aliphatic rings. The van der Waals surface area contributed by atoms with Crippen LogP contribution in [-0.4, -0.2) is 18.2 Å². The standard InChI is InChI=1S/C19H15N3O3S2/c1-12-7-9-14(10-8-12)27(24,25)18-15-11-26-17(20)16(15)19(23)22(21-18)13-5-3-2-4-6-13/h2-11H,20H2,1H3. The van der Waals surface area contributed by atoms with E-state index in [0.717, 1.165) is 21.6 Å². The average Bonchev–Trinajstić information content (AvgIpc) is 3.05. The molecule has 0 saturated heterocycles. The quantitative estimate of drug-likeness (QED) is 0.573. The summed E-state index contributed by atoms with van der Waals surface area (Å²) in [6.45, 7) is 1.88. The summed E-state index contributed by atoms with van der Waals surface area (Å²) in [7, 11) is -3.94. The number of nitrogens with two attached hydrogens (primary N) is 1. The molecule has 0 aliphatic heterocycles. The molecule has 0 bridgehead atoms. The van der Waals surface area contributed by atoms with Crippen LogP contribution in [-0.2, 0) is 9.84 Å². The molecule has 0 atom stereocenters. The Labute approximate surface area is 159 Å². The summed E-state index contributed by atoms with van der Waals surface area (Å²) >= 11 is 1.12. The van der Waals surface area contributed by atoms with E-state index in [4.69, 9.17) is 5.73 Å². The Hall–Kier alpha value is -2.97. The number of aryl methyl sites for hydroxylation is 1. The fourth-order valence-corrected chi connectivity index (χ4v) is 5.04. The SMILES string of the molecule is Cc1ccc(S(=O)(=O)c2nn(-c3ccccc3)c(=O)c3c(N)scc23)cc1. The third kappa shape index (κ3) is 2.83. The minimum Gasteiger partial charge on any atom is -0.390 e. The van der Waals surface area contributed by atoms with E-state index in [1.807, 2.05) is 6.92 Å². The molecule has 0 saturated carbocycles. The van der Waals surface area contributed by atoms with E-state index in [0.29, 0.717) is 5.69 Å². The van der Waals surface area contributed by atoms with E-state index in [1.165, 1.54) is 12.1 Å². The van der Waals surface area contributed by atoms with Crippen molar-refractivity contribution in [3.05, 3.63) is 75.9 Å². The zero-order valence-corrected chi connectivity index (χ0v) is 15.9. The van der Waals surface area contributed by atoms with Crippen LogP contribution in [0.5, 0.6) is 0 Å². The maximum atomic E-state index is 13.2. The van der Waals surface area contributed by atoms with E-state index < -0.39 is 15.4 Å². The van der Waals surface area contributed by atoms with Gasteiger partial charge in [-0.3, -0.25) is 4.79 Å². The van der Waals surface area contributed by atoms with Gasteiger partial charge in [0.25, 0.3) is 5.56 Å². The van der Waals surface area contributed by atoms with Crippen LogP contribution in [0.2, 0.25) is 0 Å². The second kappa shape index (κ2) is 6.33. The number of nitrogen functional groups attached to an aromatic ring is 1.